The molecular formula is C33H50N8O16. The zero-order valence-corrected chi connectivity index (χ0v) is 31.1. The van der Waals surface area contributed by atoms with Crippen molar-refractivity contribution in [3.8, 4) is 0 Å². The van der Waals surface area contributed by atoms with Gasteiger partial charge in [0.15, 0.2) is 0 Å². The van der Waals surface area contributed by atoms with Crippen LogP contribution in [0.4, 0.5) is 16.2 Å². The first-order valence-corrected chi connectivity index (χ1v) is 18.1. The van der Waals surface area contributed by atoms with Crippen LogP contribution in [0.1, 0.15) is 44.9 Å². The fourth-order valence-corrected chi connectivity index (χ4v) is 5.93. The second kappa shape index (κ2) is 23.9. The number of anilines is 2. The summed E-state index contributed by atoms with van der Waals surface area (Å²) in [4.78, 5) is 122. The van der Waals surface area contributed by atoms with Crippen LogP contribution in [0.15, 0.2) is 9.59 Å². The van der Waals surface area contributed by atoms with Crippen LogP contribution in [-0.4, -0.2) is 183 Å². The van der Waals surface area contributed by atoms with Gasteiger partial charge in [0.1, 0.15) is 29.5 Å². The largest absolute Gasteiger partial charge is 0.481 e. The Labute approximate surface area is 324 Å². The third-order valence-electron chi connectivity index (χ3n) is 8.96. The third kappa shape index (κ3) is 17.2. The summed E-state index contributed by atoms with van der Waals surface area (Å²) < 4.78 is 0. The first-order valence-electron chi connectivity index (χ1n) is 18.1. The average Bonchev–Trinajstić information content (AvgIpc) is 3.21. The quantitative estimate of drug-likeness (QED) is 0.0324. The van der Waals surface area contributed by atoms with E-state index in [9.17, 15) is 68.4 Å². The molecule has 24 heteroatoms. The van der Waals surface area contributed by atoms with Gasteiger partial charge in [-0.25, -0.2) is 14.4 Å². The van der Waals surface area contributed by atoms with E-state index in [0.717, 1.165) is 0 Å². The van der Waals surface area contributed by atoms with E-state index in [-0.39, 0.29) is 115 Å². The second-order valence-electron chi connectivity index (χ2n) is 13.2. The maximum atomic E-state index is 12.6. The minimum absolute atomic E-state index is 0.00322. The van der Waals surface area contributed by atoms with Gasteiger partial charge >= 0.3 is 41.8 Å². The van der Waals surface area contributed by atoms with Gasteiger partial charge in [0.2, 0.25) is 5.91 Å². The van der Waals surface area contributed by atoms with Gasteiger partial charge in [-0.1, -0.05) is 0 Å². The molecule has 1 fully saturated rings. The fourth-order valence-electron chi connectivity index (χ4n) is 5.93. The van der Waals surface area contributed by atoms with Gasteiger partial charge in [-0.2, -0.15) is 0 Å². The van der Waals surface area contributed by atoms with E-state index in [2.05, 4.69) is 21.3 Å². The second-order valence-corrected chi connectivity index (χ2v) is 13.2. The average molecular weight is 815 g/mol. The lowest BCUT2D eigenvalue weighted by Crippen LogP contribution is -2.51. The van der Waals surface area contributed by atoms with Gasteiger partial charge in [-0.3, -0.25) is 48.3 Å². The number of carboxylic acid groups (broad SMARTS) is 6. The predicted molar refractivity (Wildman–Crippen MR) is 197 cm³/mol. The summed E-state index contributed by atoms with van der Waals surface area (Å²) >= 11 is 0. The van der Waals surface area contributed by atoms with Gasteiger partial charge < -0.3 is 57.2 Å². The molecule has 11 N–H and O–H groups in total. The molecule has 0 bridgehead atoms. The normalized spacial score (nSPS) is 15.8. The van der Waals surface area contributed by atoms with Gasteiger partial charge in [0.25, 0.3) is 10.9 Å². The molecule has 1 saturated heterocycles. The molecule has 1 heterocycles. The molecule has 57 heavy (non-hydrogen) atoms. The molecule has 2 rings (SSSR count). The number of carboxylic acids is 6. The number of nitrogens with one attached hydrogen (secondary N) is 5. The number of unbranched alkanes of at least 4 members (excludes halogenated alkanes) is 1. The number of hydrogen-bond donors (Lipinski definition) is 11. The van der Waals surface area contributed by atoms with E-state index in [1.165, 1.54) is 0 Å². The molecule has 0 spiro atoms. The SMILES string of the molecule is O=C(O)CCC(NC(=O)NC(CCCCNc1c(NCCNC(=O)CCC(C(=O)O)N2CCN(CC(=O)O)CCN(CC(=O)O)CC2)c(=O)c1=O)C(=O)O)C(=O)O. The maximum absolute atomic E-state index is 12.6. The van der Waals surface area contributed by atoms with Crippen molar-refractivity contribution in [1.29, 1.82) is 0 Å². The highest BCUT2D eigenvalue weighted by molar-refractivity contribution is 5.86. The molecule has 1 aliphatic heterocycles. The highest BCUT2D eigenvalue weighted by atomic mass is 16.4. The lowest BCUT2D eigenvalue weighted by Gasteiger charge is -2.30. The smallest absolute Gasteiger partial charge is 0.326 e. The van der Waals surface area contributed by atoms with Gasteiger partial charge in [-0.15, -0.1) is 0 Å². The first kappa shape index (κ1) is 47.3. The van der Waals surface area contributed by atoms with Gasteiger partial charge in [-0.05, 0) is 32.1 Å². The van der Waals surface area contributed by atoms with Crippen molar-refractivity contribution in [3.63, 3.8) is 0 Å². The molecule has 1 aromatic carbocycles. The predicted octanol–water partition coefficient (Wildman–Crippen LogP) is -3.21. The molecule has 0 radical (unpaired) electrons. The summed E-state index contributed by atoms with van der Waals surface area (Å²) in [6, 6.07) is -5.21. The number of carbonyl (C=O) groups is 8. The zero-order valence-electron chi connectivity index (χ0n) is 31.1. The van der Waals surface area contributed by atoms with E-state index in [1.807, 2.05) is 5.32 Å². The fraction of sp³-hybridized carbons (Fsp3) is 0.636. The third-order valence-corrected chi connectivity index (χ3v) is 8.96. The minimum atomic E-state index is -1.55. The van der Waals surface area contributed by atoms with Crippen LogP contribution in [0.3, 0.4) is 0 Å². The van der Waals surface area contributed by atoms with Crippen molar-refractivity contribution in [3.05, 3.63) is 20.4 Å². The van der Waals surface area contributed by atoms with E-state index in [1.54, 1.807) is 14.7 Å². The zero-order chi connectivity index (χ0) is 42.7. The lowest BCUT2D eigenvalue weighted by atomic mass is 10.1. The molecule has 3 atom stereocenters. The Balaban J connectivity index is 1.81. The highest BCUT2D eigenvalue weighted by Crippen LogP contribution is 2.15. The van der Waals surface area contributed by atoms with Crippen molar-refractivity contribution in [2.45, 2.75) is 63.1 Å². The molecule has 318 valence electrons. The number of urea groups is 1. The number of amides is 3. The number of rotatable bonds is 26. The maximum Gasteiger partial charge on any atom is 0.326 e. The monoisotopic (exact) mass is 814 g/mol. The van der Waals surface area contributed by atoms with Crippen molar-refractivity contribution >= 4 is 59.1 Å². The van der Waals surface area contributed by atoms with Crippen molar-refractivity contribution < 1.29 is 69.0 Å². The van der Waals surface area contributed by atoms with Crippen LogP contribution < -0.4 is 37.4 Å². The van der Waals surface area contributed by atoms with Crippen molar-refractivity contribution in [1.82, 2.24) is 30.7 Å². The topological polar surface area (TPSA) is 362 Å². The molecule has 24 nitrogen and oxygen atoms in total. The molecule has 3 unspecified atom stereocenters. The van der Waals surface area contributed by atoms with E-state index < -0.39 is 89.6 Å². The summed E-state index contributed by atoms with van der Waals surface area (Å²) in [5.41, 5.74) is -1.64. The Bertz CT molecular complexity index is 1640. The number of hydrogen-bond acceptors (Lipinski definition) is 15. The standard InChI is InChI=1S/C33H50N8O16/c42-22(6-5-21(32(55)56)41-15-13-39(17-24(45)46)11-12-40(14-16-41)18-25(47)48)34-9-10-36-27-26(28(49)29(27)50)35-8-2-1-3-19(30(51)52)37-33(57)38-20(31(53)54)4-7-23(43)44/h19-21,35-36H,1-18H2,(H,34,42)(H,43,44)(H,45,46)(H,47,48)(H,51,52)(H,53,54)(H,55,56)(H2,37,38,57). The van der Waals surface area contributed by atoms with Crippen LogP contribution in [0, 0.1) is 0 Å². The molecule has 0 aliphatic carbocycles. The molecule has 0 saturated carbocycles. The molecule has 1 aliphatic rings. The van der Waals surface area contributed by atoms with Gasteiger partial charge in [0.05, 0.1) is 13.1 Å². The summed E-state index contributed by atoms with van der Waals surface area (Å²) in [6.45, 7) is 0.825. The van der Waals surface area contributed by atoms with E-state index >= 15 is 0 Å². The molecular weight excluding hydrogens is 764 g/mol. The Morgan fingerprint density at radius 2 is 1.04 bits per heavy atom. The van der Waals surface area contributed by atoms with Crippen molar-refractivity contribution in [2.75, 3.05) is 82.6 Å². The summed E-state index contributed by atoms with van der Waals surface area (Å²) in [7, 11) is 0. The summed E-state index contributed by atoms with van der Waals surface area (Å²) in [6.07, 6.45) is -0.848. The molecule has 0 aromatic heterocycles. The lowest BCUT2D eigenvalue weighted by molar-refractivity contribution is -0.145. The Morgan fingerprint density at radius 1 is 0.544 bits per heavy atom. The summed E-state index contributed by atoms with van der Waals surface area (Å²) in [5.74, 6) is -8.05. The Morgan fingerprint density at radius 3 is 1.51 bits per heavy atom. The minimum Gasteiger partial charge on any atom is -0.481 e. The van der Waals surface area contributed by atoms with Crippen LogP contribution in [-0.2, 0) is 33.6 Å². The summed E-state index contributed by atoms with van der Waals surface area (Å²) in [5, 5.41) is 68.1. The Hall–Kier alpha value is -5.88. The van der Waals surface area contributed by atoms with E-state index in [0.29, 0.717) is 0 Å². The molecule has 3 amide bonds. The number of carbonyl (C=O) groups excluding carboxylic acids is 2. The van der Waals surface area contributed by atoms with Crippen LogP contribution in [0.5, 0.6) is 0 Å². The first-order chi connectivity index (χ1) is 26.9. The number of nitrogens with zero attached hydrogens (tertiary/aromatic N) is 3. The van der Waals surface area contributed by atoms with Gasteiger partial charge in [0, 0.05) is 71.7 Å². The molecule has 1 aromatic rings. The van der Waals surface area contributed by atoms with Crippen LogP contribution in [0.25, 0.3) is 0 Å². The number of aliphatic carboxylic acids is 6. The Kier molecular flexibility index (Phi) is 19.8. The van der Waals surface area contributed by atoms with E-state index in [4.69, 9.17) is 10.2 Å². The highest BCUT2D eigenvalue weighted by Gasteiger charge is 2.29. The van der Waals surface area contributed by atoms with Crippen molar-refractivity contribution in [2.24, 2.45) is 0 Å². The van der Waals surface area contributed by atoms with Crippen LogP contribution in [0.2, 0.25) is 0 Å². The van der Waals surface area contributed by atoms with Crippen LogP contribution >= 0.6 is 0 Å².